The van der Waals surface area contributed by atoms with Gasteiger partial charge in [0.2, 0.25) is 5.91 Å². The molecule has 1 atom stereocenters. The Labute approximate surface area is 104 Å². The molecule has 5 nitrogen and oxygen atoms in total. The predicted octanol–water partition coefficient (Wildman–Crippen LogP) is 1.29. The number of carbonyl (C=O) groups is 2. The van der Waals surface area contributed by atoms with Gasteiger partial charge in [-0.15, -0.1) is 0 Å². The predicted molar refractivity (Wildman–Crippen MR) is 63.7 cm³/mol. The van der Waals surface area contributed by atoms with Gasteiger partial charge in [-0.25, -0.2) is 4.98 Å². The average Bonchev–Trinajstić information content (AvgIpc) is 2.30. The third-order valence-electron chi connectivity index (χ3n) is 2.72. The van der Waals surface area contributed by atoms with Gasteiger partial charge in [0.25, 0.3) is 5.91 Å². The Bertz CT molecular complexity index is 464. The van der Waals surface area contributed by atoms with Crippen LogP contribution in [0.15, 0.2) is 18.3 Å². The van der Waals surface area contributed by atoms with E-state index in [0.717, 1.165) is 10.6 Å². The topological polar surface area (TPSA) is 62.3 Å². The summed E-state index contributed by atoms with van der Waals surface area (Å²) in [4.78, 5) is 28.1. The number of imide groups is 1. The third kappa shape index (κ3) is 2.55. The van der Waals surface area contributed by atoms with Crippen molar-refractivity contribution in [2.75, 3.05) is 12.4 Å². The second-order valence-electron chi connectivity index (χ2n) is 3.89. The van der Waals surface area contributed by atoms with Crippen LogP contribution in [0.4, 0.5) is 5.69 Å². The molecule has 17 heavy (non-hydrogen) atoms. The van der Waals surface area contributed by atoms with Crippen molar-refractivity contribution in [2.45, 2.75) is 18.9 Å². The maximum Gasteiger partial charge on any atom is 0.251 e. The molecule has 1 N–H and O–H groups in total. The van der Waals surface area contributed by atoms with E-state index < -0.39 is 0 Å². The smallest absolute Gasteiger partial charge is 0.251 e. The lowest BCUT2D eigenvalue weighted by Crippen LogP contribution is -2.48. The summed E-state index contributed by atoms with van der Waals surface area (Å²) in [5.41, 5.74) is 0.728. The average molecular weight is 254 g/mol. The number of aromatic nitrogens is 1. The molecular weight excluding hydrogens is 242 g/mol. The van der Waals surface area contributed by atoms with Crippen LogP contribution >= 0.6 is 11.6 Å². The molecule has 0 aromatic carbocycles. The van der Waals surface area contributed by atoms with Crippen LogP contribution in [0.2, 0.25) is 5.15 Å². The van der Waals surface area contributed by atoms with E-state index >= 15 is 0 Å². The molecule has 0 bridgehead atoms. The maximum atomic E-state index is 11.8. The Morgan fingerprint density at radius 1 is 1.53 bits per heavy atom. The zero-order valence-electron chi connectivity index (χ0n) is 9.31. The Morgan fingerprint density at radius 2 is 2.29 bits per heavy atom. The second kappa shape index (κ2) is 4.71. The molecule has 90 valence electrons. The molecule has 0 spiro atoms. The SMILES string of the molecule is CN1C(=O)CCC(Nc2ccnc(Cl)c2)C1=O. The number of carbonyl (C=O) groups excluding carboxylic acids is 2. The highest BCUT2D eigenvalue weighted by atomic mass is 35.5. The van der Waals surface area contributed by atoms with E-state index in [1.54, 1.807) is 18.3 Å². The van der Waals surface area contributed by atoms with Gasteiger partial charge in [0, 0.05) is 25.4 Å². The number of hydrogen-bond acceptors (Lipinski definition) is 4. The van der Waals surface area contributed by atoms with Crippen LogP contribution in [-0.2, 0) is 9.59 Å². The van der Waals surface area contributed by atoms with Crippen LogP contribution < -0.4 is 5.32 Å². The first-order valence-electron chi connectivity index (χ1n) is 5.26. The Morgan fingerprint density at radius 3 is 3.00 bits per heavy atom. The number of hydrogen-bond donors (Lipinski definition) is 1. The van der Waals surface area contributed by atoms with Gasteiger partial charge in [-0.2, -0.15) is 0 Å². The van der Waals surface area contributed by atoms with Gasteiger partial charge in [0.05, 0.1) is 0 Å². The van der Waals surface area contributed by atoms with Crippen molar-refractivity contribution in [1.29, 1.82) is 0 Å². The van der Waals surface area contributed by atoms with Crippen LogP contribution in [0.3, 0.4) is 0 Å². The van der Waals surface area contributed by atoms with Gasteiger partial charge in [0.15, 0.2) is 0 Å². The molecule has 2 amide bonds. The van der Waals surface area contributed by atoms with E-state index in [0.29, 0.717) is 18.0 Å². The zero-order chi connectivity index (χ0) is 12.4. The molecule has 2 rings (SSSR count). The molecule has 0 radical (unpaired) electrons. The van der Waals surface area contributed by atoms with Crippen molar-refractivity contribution in [1.82, 2.24) is 9.88 Å². The molecule has 1 aromatic heterocycles. The fourth-order valence-corrected chi connectivity index (χ4v) is 1.92. The molecule has 1 fully saturated rings. The first-order chi connectivity index (χ1) is 8.08. The van der Waals surface area contributed by atoms with Crippen LogP contribution in [0.1, 0.15) is 12.8 Å². The van der Waals surface area contributed by atoms with Crippen molar-refractivity contribution in [3.05, 3.63) is 23.5 Å². The minimum Gasteiger partial charge on any atom is -0.374 e. The van der Waals surface area contributed by atoms with Crippen LogP contribution in [0.5, 0.6) is 0 Å². The molecule has 6 heteroatoms. The number of halogens is 1. The molecule has 1 aliphatic heterocycles. The summed E-state index contributed by atoms with van der Waals surface area (Å²) in [6, 6.07) is 3.00. The number of pyridine rings is 1. The normalized spacial score (nSPS) is 20.6. The first-order valence-corrected chi connectivity index (χ1v) is 5.64. The summed E-state index contributed by atoms with van der Waals surface area (Å²) in [5, 5.41) is 3.42. The fraction of sp³-hybridized carbons (Fsp3) is 0.364. The zero-order valence-corrected chi connectivity index (χ0v) is 10.1. The van der Waals surface area contributed by atoms with Crippen molar-refractivity contribution in [2.24, 2.45) is 0 Å². The van der Waals surface area contributed by atoms with Crippen molar-refractivity contribution in [3.63, 3.8) is 0 Å². The number of anilines is 1. The van der Waals surface area contributed by atoms with Crippen molar-refractivity contribution >= 4 is 29.1 Å². The molecule has 1 aliphatic rings. The fourth-order valence-electron chi connectivity index (χ4n) is 1.74. The molecule has 0 saturated carbocycles. The highest BCUT2D eigenvalue weighted by molar-refractivity contribution is 6.29. The third-order valence-corrected chi connectivity index (χ3v) is 2.92. The van der Waals surface area contributed by atoms with Gasteiger partial charge in [-0.1, -0.05) is 11.6 Å². The lowest BCUT2D eigenvalue weighted by atomic mass is 10.0. The Balaban J connectivity index is 2.09. The summed E-state index contributed by atoms with van der Waals surface area (Å²) in [5.74, 6) is -0.352. The van der Waals surface area contributed by atoms with E-state index in [-0.39, 0.29) is 17.9 Å². The van der Waals surface area contributed by atoms with Gasteiger partial charge in [0.1, 0.15) is 11.2 Å². The van der Waals surface area contributed by atoms with Gasteiger partial charge in [-0.05, 0) is 18.6 Å². The number of piperidine rings is 1. The van der Waals surface area contributed by atoms with Crippen LogP contribution in [-0.4, -0.2) is 34.8 Å². The minimum atomic E-state index is -0.379. The lowest BCUT2D eigenvalue weighted by Gasteiger charge is -2.28. The number of rotatable bonds is 2. The van der Waals surface area contributed by atoms with Gasteiger partial charge in [-0.3, -0.25) is 14.5 Å². The van der Waals surface area contributed by atoms with Crippen molar-refractivity contribution < 1.29 is 9.59 Å². The highest BCUT2D eigenvalue weighted by Gasteiger charge is 2.31. The molecule has 2 heterocycles. The largest absolute Gasteiger partial charge is 0.374 e. The molecule has 1 saturated heterocycles. The van der Waals surface area contributed by atoms with E-state index in [9.17, 15) is 9.59 Å². The van der Waals surface area contributed by atoms with E-state index in [1.165, 1.54) is 7.05 Å². The van der Waals surface area contributed by atoms with Gasteiger partial charge < -0.3 is 5.32 Å². The summed E-state index contributed by atoms with van der Waals surface area (Å²) in [6.07, 6.45) is 2.44. The van der Waals surface area contributed by atoms with E-state index in [4.69, 9.17) is 11.6 Å². The second-order valence-corrected chi connectivity index (χ2v) is 4.28. The highest BCUT2D eigenvalue weighted by Crippen LogP contribution is 2.18. The summed E-state index contributed by atoms with van der Waals surface area (Å²) in [6.45, 7) is 0. The number of amides is 2. The molecule has 0 aliphatic carbocycles. The van der Waals surface area contributed by atoms with Gasteiger partial charge >= 0.3 is 0 Å². The summed E-state index contributed by atoms with van der Waals surface area (Å²) < 4.78 is 0. The van der Waals surface area contributed by atoms with Crippen LogP contribution in [0, 0.1) is 0 Å². The number of likely N-dealkylation sites (tertiary alicyclic amines) is 1. The molecular formula is C11H12ClN3O2. The van der Waals surface area contributed by atoms with Crippen molar-refractivity contribution in [3.8, 4) is 0 Å². The maximum absolute atomic E-state index is 11.8. The number of nitrogens with zero attached hydrogens (tertiary/aromatic N) is 2. The molecule has 1 unspecified atom stereocenters. The number of likely N-dealkylation sites (N-methyl/N-ethyl adjacent to an activating group) is 1. The minimum absolute atomic E-state index is 0.138. The quantitative estimate of drug-likeness (QED) is 0.637. The summed E-state index contributed by atoms with van der Waals surface area (Å²) >= 11 is 5.75. The molecule has 1 aromatic rings. The first kappa shape index (κ1) is 11.9. The van der Waals surface area contributed by atoms with E-state index in [1.807, 2.05) is 0 Å². The number of nitrogens with one attached hydrogen (secondary N) is 1. The Hall–Kier alpha value is -1.62. The monoisotopic (exact) mass is 253 g/mol. The Kier molecular flexibility index (Phi) is 3.28. The summed E-state index contributed by atoms with van der Waals surface area (Å²) in [7, 11) is 1.50. The standard InChI is InChI=1S/C11H12ClN3O2/c1-15-10(16)3-2-8(11(15)17)14-7-4-5-13-9(12)6-7/h4-6,8H,2-3H2,1H3,(H,13,14). The van der Waals surface area contributed by atoms with E-state index in [2.05, 4.69) is 10.3 Å². The van der Waals surface area contributed by atoms with Crippen LogP contribution in [0.25, 0.3) is 0 Å². The lowest BCUT2D eigenvalue weighted by molar-refractivity contribution is -0.146.